The lowest BCUT2D eigenvalue weighted by molar-refractivity contribution is -0.0543. The predicted molar refractivity (Wildman–Crippen MR) is 116 cm³/mol. The minimum atomic E-state index is -0.889. The summed E-state index contributed by atoms with van der Waals surface area (Å²) < 4.78 is 11.8. The number of ether oxygens (including phenoxy) is 1. The molecular formula is C25H24O6. The maximum absolute atomic E-state index is 12.4. The Morgan fingerprint density at radius 3 is 2.81 bits per heavy atom. The molecule has 1 aliphatic heterocycles. The number of hydrogen-bond donors (Lipinski definition) is 3. The van der Waals surface area contributed by atoms with E-state index in [2.05, 4.69) is 18.2 Å². The van der Waals surface area contributed by atoms with Crippen molar-refractivity contribution in [1.82, 2.24) is 0 Å². The molecular weight excluding hydrogens is 396 g/mol. The van der Waals surface area contributed by atoms with Gasteiger partial charge < -0.3 is 24.5 Å². The van der Waals surface area contributed by atoms with E-state index in [1.165, 1.54) is 16.7 Å². The molecule has 3 N–H and O–H groups in total. The van der Waals surface area contributed by atoms with E-state index >= 15 is 0 Å². The molecule has 2 aromatic carbocycles. The molecule has 160 valence electrons. The van der Waals surface area contributed by atoms with Crippen LogP contribution in [0.3, 0.4) is 0 Å². The number of aliphatic hydroxyl groups is 2. The third kappa shape index (κ3) is 3.32. The Morgan fingerprint density at radius 1 is 1.19 bits per heavy atom. The lowest BCUT2D eigenvalue weighted by Crippen LogP contribution is -2.49. The summed E-state index contributed by atoms with van der Waals surface area (Å²) in [6, 6.07) is 11.0. The molecule has 0 saturated heterocycles. The molecule has 6 heteroatoms. The van der Waals surface area contributed by atoms with Crippen molar-refractivity contribution in [3.05, 3.63) is 74.6 Å². The van der Waals surface area contributed by atoms with Gasteiger partial charge in [0.15, 0.2) is 5.43 Å². The number of hydrogen-bond acceptors (Lipinski definition) is 6. The van der Waals surface area contributed by atoms with Gasteiger partial charge in [-0.1, -0.05) is 35.9 Å². The molecule has 0 saturated carbocycles. The zero-order chi connectivity index (χ0) is 21.8. The summed E-state index contributed by atoms with van der Waals surface area (Å²) >= 11 is 0. The molecule has 0 amide bonds. The molecule has 1 aromatic heterocycles. The summed E-state index contributed by atoms with van der Waals surface area (Å²) in [4.78, 5) is 12.4. The summed E-state index contributed by atoms with van der Waals surface area (Å²) in [7, 11) is 0. The quantitative estimate of drug-likeness (QED) is 0.600. The number of rotatable bonds is 3. The van der Waals surface area contributed by atoms with Crippen molar-refractivity contribution < 1.29 is 24.5 Å². The normalized spacial score (nSPS) is 22.4. The number of fused-ring (bicyclic) bond motifs is 3. The van der Waals surface area contributed by atoms with Crippen LogP contribution in [0.4, 0.5) is 0 Å². The summed E-state index contributed by atoms with van der Waals surface area (Å²) in [5, 5.41) is 31.0. The fourth-order valence-electron chi connectivity index (χ4n) is 4.70. The molecule has 2 heterocycles. The van der Waals surface area contributed by atoms with Gasteiger partial charge in [-0.2, -0.15) is 0 Å². The smallest absolute Gasteiger partial charge is 0.196 e. The Balaban J connectivity index is 1.53. The maximum atomic E-state index is 12.4. The fourth-order valence-corrected chi connectivity index (χ4v) is 4.70. The molecule has 3 aromatic rings. The lowest BCUT2D eigenvalue weighted by atomic mass is 9.80. The second-order valence-electron chi connectivity index (χ2n) is 8.62. The number of phenols is 1. The highest BCUT2D eigenvalue weighted by Gasteiger charge is 2.42. The SMILES string of the molecule is C[C@@]1(CC2=Cc3ccccc3CC2)Oc2cc3oc(CO)cc(=O)c3c(O)c2C[C@H]1O. The Labute approximate surface area is 179 Å². The number of benzene rings is 2. The van der Waals surface area contributed by atoms with Gasteiger partial charge in [0.1, 0.15) is 40.4 Å². The highest BCUT2D eigenvalue weighted by Crippen LogP contribution is 2.44. The minimum Gasteiger partial charge on any atom is -0.507 e. The molecule has 5 rings (SSSR count). The van der Waals surface area contributed by atoms with Crippen LogP contribution in [0.25, 0.3) is 17.0 Å². The zero-order valence-electron chi connectivity index (χ0n) is 17.2. The first-order valence-corrected chi connectivity index (χ1v) is 10.4. The molecule has 0 fully saturated rings. The molecule has 31 heavy (non-hydrogen) atoms. The summed E-state index contributed by atoms with van der Waals surface area (Å²) in [5.41, 5.74) is 2.92. The van der Waals surface area contributed by atoms with E-state index in [0.717, 1.165) is 18.9 Å². The van der Waals surface area contributed by atoms with Crippen LogP contribution in [0.2, 0.25) is 0 Å². The van der Waals surface area contributed by atoms with Crippen molar-refractivity contribution in [1.29, 1.82) is 0 Å². The summed E-state index contributed by atoms with van der Waals surface area (Å²) in [6.45, 7) is 1.44. The van der Waals surface area contributed by atoms with Gasteiger partial charge in [0, 0.05) is 30.5 Å². The van der Waals surface area contributed by atoms with E-state index in [4.69, 9.17) is 9.15 Å². The standard InChI is InChI=1S/C25H24O6/c1-25(12-14-6-7-15-4-2-3-5-16(15)8-14)22(28)10-18-20(31-25)11-21-23(24(18)29)19(27)9-17(13-26)30-21/h2-5,8-9,11,22,26,28-29H,6-7,10,12-13H2,1H3/t22-,25+/m1/s1. The second-order valence-corrected chi connectivity index (χ2v) is 8.62. The van der Waals surface area contributed by atoms with Crippen molar-refractivity contribution in [2.24, 2.45) is 0 Å². The van der Waals surface area contributed by atoms with E-state index in [9.17, 15) is 20.1 Å². The van der Waals surface area contributed by atoms with Gasteiger partial charge in [-0.25, -0.2) is 0 Å². The molecule has 0 unspecified atom stereocenters. The summed E-state index contributed by atoms with van der Waals surface area (Å²) in [6.07, 6.45) is 3.86. The average molecular weight is 420 g/mol. The van der Waals surface area contributed by atoms with Crippen molar-refractivity contribution in [3.63, 3.8) is 0 Å². The van der Waals surface area contributed by atoms with Crippen molar-refractivity contribution >= 4 is 17.0 Å². The average Bonchev–Trinajstić information content (AvgIpc) is 2.75. The van der Waals surface area contributed by atoms with Crippen molar-refractivity contribution in [3.8, 4) is 11.5 Å². The van der Waals surface area contributed by atoms with Crippen LogP contribution in [0.15, 0.2) is 51.2 Å². The zero-order valence-corrected chi connectivity index (χ0v) is 17.2. The number of aryl methyl sites for hydroxylation is 1. The number of aromatic hydroxyl groups is 1. The molecule has 1 aliphatic carbocycles. The van der Waals surface area contributed by atoms with Gasteiger partial charge in [0.25, 0.3) is 0 Å². The molecule has 0 radical (unpaired) electrons. The predicted octanol–water partition coefficient (Wildman–Crippen LogP) is 3.47. The van der Waals surface area contributed by atoms with Gasteiger partial charge >= 0.3 is 0 Å². The highest BCUT2D eigenvalue weighted by atomic mass is 16.5. The van der Waals surface area contributed by atoms with Gasteiger partial charge in [-0.3, -0.25) is 4.79 Å². The van der Waals surface area contributed by atoms with Gasteiger partial charge in [0.05, 0.1) is 6.10 Å². The summed E-state index contributed by atoms with van der Waals surface area (Å²) in [5.74, 6) is 0.256. The molecule has 0 bridgehead atoms. The maximum Gasteiger partial charge on any atom is 0.196 e. The van der Waals surface area contributed by atoms with E-state index in [1.807, 2.05) is 19.1 Å². The van der Waals surface area contributed by atoms with Crippen LogP contribution in [-0.2, 0) is 19.4 Å². The van der Waals surface area contributed by atoms with Crippen molar-refractivity contribution in [2.75, 3.05) is 0 Å². The first kappa shape index (κ1) is 19.8. The molecule has 2 aliphatic rings. The Hall–Kier alpha value is -3.09. The Kier molecular flexibility index (Phi) is 4.64. The highest BCUT2D eigenvalue weighted by molar-refractivity contribution is 5.87. The van der Waals surface area contributed by atoms with E-state index in [0.29, 0.717) is 17.7 Å². The lowest BCUT2D eigenvalue weighted by Gasteiger charge is -2.41. The van der Waals surface area contributed by atoms with Crippen LogP contribution < -0.4 is 10.2 Å². The van der Waals surface area contributed by atoms with Gasteiger partial charge in [0.2, 0.25) is 0 Å². The molecule has 2 atom stereocenters. The minimum absolute atomic E-state index is 0.0296. The van der Waals surface area contributed by atoms with Crippen LogP contribution >= 0.6 is 0 Å². The van der Waals surface area contributed by atoms with Gasteiger partial charge in [-0.05, 0) is 30.9 Å². The molecule has 0 spiro atoms. The van der Waals surface area contributed by atoms with E-state index < -0.39 is 23.7 Å². The van der Waals surface area contributed by atoms with E-state index in [1.54, 1.807) is 6.07 Å². The van der Waals surface area contributed by atoms with Gasteiger partial charge in [-0.15, -0.1) is 0 Å². The second kappa shape index (κ2) is 7.25. The first-order valence-electron chi connectivity index (χ1n) is 10.4. The fraction of sp³-hybridized carbons (Fsp3) is 0.320. The molecule has 6 nitrogen and oxygen atoms in total. The number of phenolic OH excluding ortho intramolecular Hbond substituents is 1. The Morgan fingerprint density at radius 2 is 2.00 bits per heavy atom. The van der Waals surface area contributed by atoms with E-state index in [-0.39, 0.29) is 28.9 Å². The topological polar surface area (TPSA) is 100 Å². The Bertz CT molecular complexity index is 1270. The van der Waals surface area contributed by atoms with Crippen LogP contribution in [0.5, 0.6) is 11.5 Å². The first-order chi connectivity index (χ1) is 14.9. The third-order valence-corrected chi connectivity index (χ3v) is 6.42. The number of aliphatic hydroxyl groups excluding tert-OH is 2. The van der Waals surface area contributed by atoms with Crippen LogP contribution in [-0.4, -0.2) is 27.0 Å². The van der Waals surface area contributed by atoms with Crippen molar-refractivity contribution in [2.45, 2.75) is 50.9 Å². The van der Waals surface area contributed by atoms with Crippen LogP contribution in [0.1, 0.15) is 42.2 Å². The largest absolute Gasteiger partial charge is 0.507 e. The monoisotopic (exact) mass is 420 g/mol. The van der Waals surface area contributed by atoms with Crippen LogP contribution in [0, 0.1) is 0 Å². The third-order valence-electron chi connectivity index (χ3n) is 6.42.